The van der Waals surface area contributed by atoms with Gasteiger partial charge in [0.2, 0.25) is 27.7 Å². The average Bonchev–Trinajstić information content (AvgIpc) is 4.03. The monoisotopic (exact) mass is 776 g/mol. The van der Waals surface area contributed by atoms with E-state index in [0.717, 1.165) is 31.4 Å². The van der Waals surface area contributed by atoms with E-state index in [1.54, 1.807) is 17.0 Å². The number of hydrogen-bond acceptors (Lipinski definition) is 8. The number of benzene rings is 1. The molecule has 0 spiro atoms. The fourth-order valence-electron chi connectivity index (χ4n) is 7.73. The van der Waals surface area contributed by atoms with Crippen LogP contribution in [-0.2, 0) is 35.4 Å². The van der Waals surface area contributed by atoms with Gasteiger partial charge in [-0.1, -0.05) is 32.9 Å². The standard InChI is InChI=1S/C38H47F3N4O6S2/c1-5-23-20-37(23,35(49)43-53(50,51)26-10-11-26)21-31(46)30-18-25(52-32-13-14-42-29-17-24(38(39,40)41)9-12-27(29)32)22-45(30)34(48)28(36(2,3)4)19-33(47)44-15-7-6-8-16-44/h5,9,12-14,17,23,25-26,28,30H,1,6-8,10-11,15-16,18-22H2,2-4H3,(H,43,49)/t23-,25-,28-,30+,37-/m1/s1. The Bertz CT molecular complexity index is 1900. The number of likely N-dealkylation sites (tertiary alicyclic amines) is 2. The number of Topliss-reactive ketones (excluding diaryl/α,β-unsaturated/α-hetero) is 1. The third kappa shape index (κ3) is 8.45. The Morgan fingerprint density at radius 3 is 2.40 bits per heavy atom. The Morgan fingerprint density at radius 2 is 1.79 bits per heavy atom. The van der Waals surface area contributed by atoms with Crippen molar-refractivity contribution in [1.82, 2.24) is 19.5 Å². The molecule has 2 saturated carbocycles. The van der Waals surface area contributed by atoms with Gasteiger partial charge < -0.3 is 9.80 Å². The molecule has 10 nitrogen and oxygen atoms in total. The van der Waals surface area contributed by atoms with Crippen molar-refractivity contribution in [2.45, 2.75) is 106 Å². The molecule has 53 heavy (non-hydrogen) atoms. The maximum absolute atomic E-state index is 14.7. The minimum absolute atomic E-state index is 0.0298. The minimum Gasteiger partial charge on any atom is -0.343 e. The number of allylic oxidation sites excluding steroid dienone is 1. The summed E-state index contributed by atoms with van der Waals surface area (Å²) >= 11 is 1.34. The molecular formula is C38H47F3N4O6S2. The van der Waals surface area contributed by atoms with E-state index in [-0.39, 0.29) is 54.8 Å². The number of hydrogen-bond donors (Lipinski definition) is 1. The second kappa shape index (κ2) is 14.6. The summed E-state index contributed by atoms with van der Waals surface area (Å²) in [5, 5.41) is -0.502. The van der Waals surface area contributed by atoms with Crippen LogP contribution in [0.25, 0.3) is 10.9 Å². The fraction of sp³-hybridized carbons (Fsp3) is 0.605. The number of ketones is 1. The number of piperidine rings is 1. The summed E-state index contributed by atoms with van der Waals surface area (Å²) in [6.07, 6.45) is 2.28. The van der Waals surface area contributed by atoms with Crippen molar-refractivity contribution >= 4 is 56.2 Å². The van der Waals surface area contributed by atoms with E-state index in [0.29, 0.717) is 36.2 Å². The molecule has 1 N–H and O–H groups in total. The summed E-state index contributed by atoms with van der Waals surface area (Å²) in [6, 6.07) is 4.07. The van der Waals surface area contributed by atoms with E-state index in [9.17, 15) is 40.8 Å². The van der Waals surface area contributed by atoms with Gasteiger partial charge in [-0.2, -0.15) is 13.2 Å². The first-order valence-electron chi connectivity index (χ1n) is 18.3. The Balaban J connectivity index is 1.29. The summed E-state index contributed by atoms with van der Waals surface area (Å²) in [7, 11) is -3.88. The van der Waals surface area contributed by atoms with Crippen LogP contribution in [0.1, 0.15) is 84.1 Å². The number of pyridine rings is 1. The molecular weight excluding hydrogens is 730 g/mol. The number of sulfonamides is 1. The maximum atomic E-state index is 14.7. The molecule has 0 unspecified atom stereocenters. The maximum Gasteiger partial charge on any atom is 0.416 e. The van der Waals surface area contributed by atoms with Crippen LogP contribution >= 0.6 is 11.8 Å². The predicted molar refractivity (Wildman–Crippen MR) is 195 cm³/mol. The molecule has 2 aliphatic heterocycles. The van der Waals surface area contributed by atoms with Crippen molar-refractivity contribution in [3.63, 3.8) is 0 Å². The number of carbonyl (C=O) groups is 4. The Morgan fingerprint density at radius 1 is 1.09 bits per heavy atom. The number of thioether (sulfide) groups is 1. The third-order valence-corrected chi connectivity index (χ3v) is 14.3. The van der Waals surface area contributed by atoms with E-state index in [1.807, 2.05) is 20.8 Å². The van der Waals surface area contributed by atoms with Crippen LogP contribution in [0.5, 0.6) is 0 Å². The molecule has 0 bridgehead atoms. The summed E-state index contributed by atoms with van der Waals surface area (Å²) in [6.45, 7) is 10.8. The molecule has 288 valence electrons. The quantitative estimate of drug-likeness (QED) is 0.254. The lowest BCUT2D eigenvalue weighted by Crippen LogP contribution is -2.49. The lowest BCUT2D eigenvalue weighted by Gasteiger charge is -2.36. The molecule has 2 saturated heterocycles. The Hall–Kier alpha value is -3.46. The number of nitrogens with one attached hydrogen (secondary N) is 1. The highest BCUT2D eigenvalue weighted by Crippen LogP contribution is 2.57. The van der Waals surface area contributed by atoms with Gasteiger partial charge in [-0.15, -0.1) is 18.3 Å². The van der Waals surface area contributed by atoms with E-state index >= 15 is 0 Å². The molecule has 4 fully saturated rings. The lowest BCUT2D eigenvalue weighted by molar-refractivity contribution is -0.148. The number of aromatic nitrogens is 1. The zero-order valence-corrected chi connectivity index (χ0v) is 31.9. The van der Waals surface area contributed by atoms with E-state index in [2.05, 4.69) is 16.3 Å². The van der Waals surface area contributed by atoms with Gasteiger partial charge in [0.1, 0.15) is 0 Å². The van der Waals surface area contributed by atoms with Gasteiger partial charge in [0.15, 0.2) is 5.78 Å². The first-order chi connectivity index (χ1) is 24.8. The number of amides is 3. The van der Waals surface area contributed by atoms with Crippen molar-refractivity contribution in [1.29, 1.82) is 0 Å². The largest absolute Gasteiger partial charge is 0.416 e. The van der Waals surface area contributed by atoms with E-state index in [1.165, 1.54) is 28.9 Å². The number of halogens is 3. The summed E-state index contributed by atoms with van der Waals surface area (Å²) < 4.78 is 68.0. The van der Waals surface area contributed by atoms with Gasteiger partial charge in [-0.3, -0.25) is 28.9 Å². The first kappa shape index (κ1) is 39.2. The van der Waals surface area contributed by atoms with Gasteiger partial charge in [-0.05, 0) is 74.5 Å². The summed E-state index contributed by atoms with van der Waals surface area (Å²) in [5.41, 5.74) is -2.63. The van der Waals surface area contributed by atoms with E-state index < -0.39 is 67.4 Å². The van der Waals surface area contributed by atoms with Crippen LogP contribution in [0.15, 0.2) is 48.0 Å². The second-order valence-corrected chi connectivity index (χ2v) is 19.4. The molecule has 3 amide bonds. The van der Waals surface area contributed by atoms with Gasteiger partial charge in [0, 0.05) is 54.2 Å². The van der Waals surface area contributed by atoms with Crippen molar-refractivity contribution in [3.8, 4) is 0 Å². The summed E-state index contributed by atoms with van der Waals surface area (Å²) in [5.74, 6) is -2.80. The summed E-state index contributed by atoms with van der Waals surface area (Å²) in [4.78, 5) is 64.3. The molecule has 1 aromatic heterocycles. The van der Waals surface area contributed by atoms with Crippen molar-refractivity contribution in [2.24, 2.45) is 22.7 Å². The SMILES string of the molecule is C=C[C@@H]1C[C@]1(CC(=O)[C@@H]1C[C@@H](Sc2ccnc3cc(C(F)(F)F)ccc23)CN1C(=O)[C@@H](CC(=O)N1CCCCC1)C(C)(C)C)C(=O)NS(=O)(=O)C1CC1. The molecule has 1 aromatic carbocycles. The molecule has 6 rings (SSSR count). The van der Waals surface area contributed by atoms with Crippen LogP contribution in [0.4, 0.5) is 13.2 Å². The third-order valence-electron chi connectivity index (χ3n) is 11.2. The Labute approximate surface area is 312 Å². The highest BCUT2D eigenvalue weighted by atomic mass is 32.2. The van der Waals surface area contributed by atoms with Crippen LogP contribution in [0.2, 0.25) is 0 Å². The number of alkyl halides is 3. The number of fused-ring (bicyclic) bond motifs is 1. The Kier molecular flexibility index (Phi) is 10.8. The molecule has 0 radical (unpaired) electrons. The zero-order chi connectivity index (χ0) is 38.5. The average molecular weight is 777 g/mol. The second-order valence-electron chi connectivity index (χ2n) is 16.1. The molecule has 5 atom stereocenters. The fourth-order valence-corrected chi connectivity index (χ4v) is 10.4. The van der Waals surface area contributed by atoms with Crippen LogP contribution < -0.4 is 4.72 Å². The van der Waals surface area contributed by atoms with Crippen molar-refractivity contribution in [2.75, 3.05) is 19.6 Å². The lowest BCUT2D eigenvalue weighted by atomic mass is 9.77. The smallest absolute Gasteiger partial charge is 0.343 e. The van der Waals surface area contributed by atoms with Gasteiger partial charge in [-0.25, -0.2) is 8.42 Å². The number of rotatable bonds is 12. The highest BCUT2D eigenvalue weighted by molar-refractivity contribution is 8.00. The topological polar surface area (TPSA) is 134 Å². The van der Waals surface area contributed by atoms with Gasteiger partial charge in [0.25, 0.3) is 0 Å². The molecule has 2 aromatic rings. The van der Waals surface area contributed by atoms with Crippen LogP contribution in [0, 0.1) is 22.7 Å². The van der Waals surface area contributed by atoms with Crippen molar-refractivity contribution < 1.29 is 40.8 Å². The molecule has 3 heterocycles. The molecule has 15 heteroatoms. The number of nitrogens with zero attached hydrogens (tertiary/aromatic N) is 3. The van der Waals surface area contributed by atoms with Crippen molar-refractivity contribution in [3.05, 3.63) is 48.7 Å². The first-order valence-corrected chi connectivity index (χ1v) is 20.7. The zero-order valence-electron chi connectivity index (χ0n) is 30.3. The number of carbonyl (C=O) groups excluding carboxylic acids is 4. The van der Waals surface area contributed by atoms with Gasteiger partial charge >= 0.3 is 6.18 Å². The van der Waals surface area contributed by atoms with Crippen LogP contribution in [0.3, 0.4) is 0 Å². The van der Waals surface area contributed by atoms with E-state index in [4.69, 9.17) is 0 Å². The molecule has 2 aliphatic carbocycles. The minimum atomic E-state index is -4.54. The normalized spacial score (nSPS) is 25.6. The van der Waals surface area contributed by atoms with Gasteiger partial charge in [0.05, 0.1) is 33.7 Å². The molecule has 4 aliphatic rings. The van der Waals surface area contributed by atoms with Crippen LogP contribution in [-0.4, -0.2) is 82.9 Å². The highest BCUT2D eigenvalue weighted by Gasteiger charge is 2.61. The predicted octanol–water partition coefficient (Wildman–Crippen LogP) is 6.14.